The van der Waals surface area contributed by atoms with Crippen LogP contribution in [0.15, 0.2) is 0 Å². The third kappa shape index (κ3) is 20.8. The van der Waals surface area contributed by atoms with Gasteiger partial charge in [0.05, 0.1) is 12.8 Å². The van der Waals surface area contributed by atoms with Gasteiger partial charge in [-0.25, -0.2) is 9.36 Å². The van der Waals surface area contributed by atoms with E-state index in [1.54, 1.807) is 0 Å². The molecular weight excluding hydrogens is 325 g/mol. The van der Waals surface area contributed by atoms with Crippen LogP contribution in [0.1, 0.15) is 12.8 Å². The minimum atomic E-state index is -4.64. The molecule has 20 heavy (non-hydrogen) atoms. The molecule has 0 unspecified atom stereocenters. The van der Waals surface area contributed by atoms with E-state index in [2.05, 4.69) is 0 Å². The fourth-order valence-electron chi connectivity index (χ4n) is 0.714. The molecule has 0 aromatic heterocycles. The van der Waals surface area contributed by atoms with Crippen LogP contribution in [0.3, 0.4) is 0 Å². The van der Waals surface area contributed by atoms with Crippen LogP contribution in [0.4, 0.5) is 0 Å². The first-order valence-electron chi connectivity index (χ1n) is 3.95. The van der Waals surface area contributed by atoms with Gasteiger partial charge in [-0.2, -0.15) is 0 Å². The second kappa shape index (κ2) is 12.1. The van der Waals surface area contributed by atoms with Crippen molar-refractivity contribution in [2.75, 3.05) is 0 Å². The summed E-state index contributed by atoms with van der Waals surface area (Å²) in [4.78, 5) is 52.0. The Morgan fingerprint density at radius 2 is 1.05 bits per heavy atom. The maximum Gasteiger partial charge on any atom is 0.466 e. The summed E-state index contributed by atoms with van der Waals surface area (Å²) in [6.07, 6.45) is -2.29. The maximum absolute atomic E-state index is 10.3. The van der Waals surface area contributed by atoms with Crippen LogP contribution in [-0.4, -0.2) is 118 Å². The van der Waals surface area contributed by atoms with Crippen LogP contribution in [-0.2, 0) is 18.9 Å². The minimum Gasteiger partial charge on any atom is -0.481 e. The second-order valence-electron chi connectivity index (χ2n) is 2.99. The van der Waals surface area contributed by atoms with E-state index in [1.165, 1.54) is 0 Å². The number of hydrogen-bond donors (Lipinski definition) is 7. The average Bonchev–Trinajstić information content (AvgIpc) is 1.95. The number of rotatable bonds is 5. The standard InChI is InChI=1S/C6H8O7.2Na.H3O4P/c7-3(8)1-6(13,5(11)12)2-4(9)10;;;1-5(2,3)4/h13H,1-2H2,(H,7,8)(H,9,10)(H,11,12);;;(H3,1,2,3,4). The van der Waals surface area contributed by atoms with E-state index >= 15 is 0 Å². The number of hydrogen-bond acceptors (Lipinski definition) is 5. The summed E-state index contributed by atoms with van der Waals surface area (Å²) < 4.78 is 8.88. The molecule has 0 aromatic carbocycles. The van der Waals surface area contributed by atoms with Gasteiger partial charge in [0.15, 0.2) is 5.60 Å². The van der Waals surface area contributed by atoms with Gasteiger partial charge in [0.1, 0.15) is 0 Å². The van der Waals surface area contributed by atoms with E-state index in [4.69, 9.17) is 39.7 Å². The van der Waals surface area contributed by atoms with Crippen molar-refractivity contribution in [1.82, 2.24) is 0 Å². The first-order chi connectivity index (χ1) is 7.78. The molecule has 0 aromatic rings. The molecule has 0 saturated heterocycles. The van der Waals surface area contributed by atoms with Crippen LogP contribution in [0, 0.1) is 0 Å². The van der Waals surface area contributed by atoms with Gasteiger partial charge in [0.2, 0.25) is 0 Å². The Morgan fingerprint density at radius 3 is 1.15 bits per heavy atom. The van der Waals surface area contributed by atoms with Gasteiger partial charge in [-0.3, -0.25) is 9.59 Å². The van der Waals surface area contributed by atoms with Crippen LogP contribution in [0.5, 0.6) is 0 Å². The molecule has 0 spiro atoms. The van der Waals surface area contributed by atoms with E-state index in [9.17, 15) is 14.4 Å². The predicted molar refractivity (Wildman–Crippen MR) is 62.9 cm³/mol. The second-order valence-corrected chi connectivity index (χ2v) is 4.02. The first-order valence-corrected chi connectivity index (χ1v) is 5.52. The number of carbonyl (C=O) groups is 3. The number of aliphatic hydroxyl groups is 1. The van der Waals surface area contributed by atoms with Crippen LogP contribution >= 0.6 is 7.82 Å². The van der Waals surface area contributed by atoms with Gasteiger partial charge < -0.3 is 35.1 Å². The van der Waals surface area contributed by atoms with E-state index in [1.807, 2.05) is 0 Å². The van der Waals surface area contributed by atoms with Gasteiger partial charge in [-0.05, 0) is 0 Å². The average molecular weight is 336 g/mol. The molecule has 0 heterocycles. The Morgan fingerprint density at radius 1 is 0.850 bits per heavy atom. The molecule has 0 atom stereocenters. The normalized spacial score (nSPS) is 10.0. The minimum absolute atomic E-state index is 0. The first kappa shape index (κ1) is 28.6. The molecule has 14 heteroatoms. The number of aliphatic carboxylic acids is 3. The summed E-state index contributed by atoms with van der Waals surface area (Å²) in [5, 5.41) is 33.8. The number of carboxylic acids is 3. The maximum atomic E-state index is 10.3. The van der Waals surface area contributed by atoms with Crippen molar-refractivity contribution in [2.24, 2.45) is 0 Å². The van der Waals surface area contributed by atoms with Gasteiger partial charge in [-0.15, -0.1) is 0 Å². The molecule has 0 bridgehead atoms. The van der Waals surface area contributed by atoms with Crippen molar-refractivity contribution in [1.29, 1.82) is 0 Å². The van der Waals surface area contributed by atoms with E-state index < -0.39 is 44.2 Å². The molecule has 108 valence electrons. The number of phosphoric acid groups is 1. The summed E-state index contributed by atoms with van der Waals surface area (Å²) in [7, 11) is -4.64. The molecule has 0 aliphatic heterocycles. The van der Waals surface area contributed by atoms with Crippen LogP contribution < -0.4 is 0 Å². The smallest absolute Gasteiger partial charge is 0.466 e. The predicted octanol–water partition coefficient (Wildman–Crippen LogP) is -2.94. The molecule has 0 aliphatic carbocycles. The molecule has 0 aliphatic rings. The molecule has 7 N–H and O–H groups in total. The summed E-state index contributed by atoms with van der Waals surface area (Å²) in [6, 6.07) is 0. The Balaban J connectivity index is -0.000000158. The van der Waals surface area contributed by atoms with Crippen molar-refractivity contribution in [3.8, 4) is 0 Å². The quantitative estimate of drug-likeness (QED) is 0.199. The fraction of sp³-hybridized carbons (Fsp3) is 0.500. The SMILES string of the molecule is O=C(O)CC(O)(CC(=O)O)C(=O)O.O=P(O)(O)O.[Na].[Na]. The summed E-state index contributed by atoms with van der Waals surface area (Å²) >= 11 is 0. The molecule has 11 nitrogen and oxygen atoms in total. The number of carboxylic acid groups (broad SMARTS) is 3. The van der Waals surface area contributed by atoms with E-state index in [0.717, 1.165) is 0 Å². The molecule has 0 fully saturated rings. The van der Waals surface area contributed by atoms with Gasteiger partial charge in [-0.1, -0.05) is 0 Å². The van der Waals surface area contributed by atoms with Gasteiger partial charge >= 0.3 is 25.7 Å². The van der Waals surface area contributed by atoms with Crippen LogP contribution in [0.25, 0.3) is 0 Å². The Hall–Kier alpha value is 0.480. The van der Waals surface area contributed by atoms with Gasteiger partial charge in [0.25, 0.3) is 0 Å². The zero-order valence-corrected chi connectivity index (χ0v) is 15.5. The molecule has 0 saturated carbocycles. The van der Waals surface area contributed by atoms with E-state index in [0.29, 0.717) is 0 Å². The van der Waals surface area contributed by atoms with Crippen LogP contribution in [0.2, 0.25) is 0 Å². The zero-order valence-electron chi connectivity index (χ0n) is 10.6. The Kier molecular flexibility index (Phi) is 17.3. The fourth-order valence-corrected chi connectivity index (χ4v) is 0.714. The summed E-state index contributed by atoms with van der Waals surface area (Å²) in [5.74, 6) is -5.02. The van der Waals surface area contributed by atoms with Crippen molar-refractivity contribution in [2.45, 2.75) is 18.4 Å². The van der Waals surface area contributed by atoms with Gasteiger partial charge in [0, 0.05) is 59.1 Å². The molecule has 0 amide bonds. The zero-order chi connectivity index (χ0) is 15.1. The Bertz CT molecular complexity index is 353. The third-order valence-corrected chi connectivity index (χ3v) is 1.29. The molecular formula is C6H11Na2O11P. The molecule has 2 radical (unpaired) electrons. The summed E-state index contributed by atoms with van der Waals surface area (Å²) in [5.41, 5.74) is -2.74. The monoisotopic (exact) mass is 336 g/mol. The van der Waals surface area contributed by atoms with Crippen molar-refractivity contribution in [3.63, 3.8) is 0 Å². The molecule has 0 rings (SSSR count). The summed E-state index contributed by atoms with van der Waals surface area (Å²) in [6.45, 7) is 0. The van der Waals surface area contributed by atoms with Crippen molar-refractivity contribution < 1.29 is 54.1 Å². The largest absolute Gasteiger partial charge is 0.481 e. The van der Waals surface area contributed by atoms with Crippen molar-refractivity contribution in [3.05, 3.63) is 0 Å². The third-order valence-electron chi connectivity index (χ3n) is 1.29. The topological polar surface area (TPSA) is 210 Å². The Labute approximate surface area is 156 Å². The van der Waals surface area contributed by atoms with Crippen molar-refractivity contribution >= 4 is 84.8 Å². The van der Waals surface area contributed by atoms with E-state index in [-0.39, 0.29) is 59.1 Å².